The number of nitrogens with one attached hydrogen (secondary N) is 3. The molecule has 0 spiro atoms. The Morgan fingerprint density at radius 3 is 2.63 bits per heavy atom. The summed E-state index contributed by atoms with van der Waals surface area (Å²) in [4.78, 5) is 18.3. The van der Waals surface area contributed by atoms with Crippen molar-refractivity contribution >= 4 is 35.8 Å². The number of guanidine groups is 1. The second kappa shape index (κ2) is 12.9. The summed E-state index contributed by atoms with van der Waals surface area (Å²) >= 11 is 0. The summed E-state index contributed by atoms with van der Waals surface area (Å²) in [5.74, 6) is 0.956. The molecular weight excluding hydrogens is 457 g/mol. The molecule has 0 atom stereocenters. The quantitative estimate of drug-likeness (QED) is 0.287. The maximum absolute atomic E-state index is 11.8. The Labute approximate surface area is 179 Å². The van der Waals surface area contributed by atoms with Crippen molar-refractivity contribution in [2.24, 2.45) is 4.99 Å². The molecule has 1 aliphatic rings. The van der Waals surface area contributed by atoms with Crippen LogP contribution in [0.2, 0.25) is 0 Å². The van der Waals surface area contributed by atoms with E-state index in [1.165, 1.54) is 5.56 Å². The number of hydrogen-bond donors (Lipinski definition) is 3. The normalized spacial score (nSPS) is 15.9. The zero-order valence-electron chi connectivity index (χ0n) is 16.7. The van der Waals surface area contributed by atoms with Crippen LogP contribution in [0.15, 0.2) is 17.4 Å². The van der Waals surface area contributed by atoms with Crippen LogP contribution in [0.4, 0.5) is 0 Å². The van der Waals surface area contributed by atoms with E-state index in [0.717, 1.165) is 57.9 Å². The monoisotopic (exact) mass is 491 g/mol. The van der Waals surface area contributed by atoms with Gasteiger partial charge in [-0.05, 0) is 31.7 Å². The Kier molecular flexibility index (Phi) is 11.3. The van der Waals surface area contributed by atoms with Crippen molar-refractivity contribution in [3.63, 3.8) is 0 Å². The summed E-state index contributed by atoms with van der Waals surface area (Å²) in [5, 5.41) is 14.0. The fourth-order valence-corrected chi connectivity index (χ4v) is 3.02. The van der Waals surface area contributed by atoms with Gasteiger partial charge in [0.2, 0.25) is 5.91 Å². The van der Waals surface area contributed by atoms with Crippen molar-refractivity contribution in [1.29, 1.82) is 0 Å². The minimum Gasteiger partial charge on any atom is -0.355 e. The third-order valence-electron chi connectivity index (χ3n) is 4.49. The molecule has 2 rings (SSSR count). The lowest BCUT2D eigenvalue weighted by Gasteiger charge is -2.32. The van der Waals surface area contributed by atoms with Crippen LogP contribution >= 0.6 is 24.0 Å². The van der Waals surface area contributed by atoms with E-state index in [2.05, 4.69) is 37.9 Å². The SMILES string of the molecule is CCCNC(=O)CN1CCC(NC(=NC)NCCn2cc(C)cn2)CC1.I. The first-order valence-corrected chi connectivity index (χ1v) is 9.56. The average molecular weight is 491 g/mol. The first-order chi connectivity index (χ1) is 12.6. The van der Waals surface area contributed by atoms with E-state index in [1.807, 2.05) is 24.0 Å². The van der Waals surface area contributed by atoms with Gasteiger partial charge in [-0.2, -0.15) is 5.10 Å². The van der Waals surface area contributed by atoms with Crippen molar-refractivity contribution in [2.45, 2.75) is 45.7 Å². The number of amides is 1. The van der Waals surface area contributed by atoms with Crippen molar-refractivity contribution in [1.82, 2.24) is 30.6 Å². The first-order valence-electron chi connectivity index (χ1n) is 9.56. The van der Waals surface area contributed by atoms with Crippen LogP contribution in [0.1, 0.15) is 31.7 Å². The van der Waals surface area contributed by atoms with Crippen molar-refractivity contribution < 1.29 is 4.79 Å². The molecule has 0 saturated carbocycles. The summed E-state index contributed by atoms with van der Waals surface area (Å²) in [5.41, 5.74) is 1.17. The Bertz CT molecular complexity index is 582. The lowest BCUT2D eigenvalue weighted by atomic mass is 10.1. The number of aliphatic imine (C=N–C) groups is 1. The third-order valence-corrected chi connectivity index (χ3v) is 4.49. The number of aryl methyl sites for hydroxylation is 1. The molecule has 1 saturated heterocycles. The highest BCUT2D eigenvalue weighted by Crippen LogP contribution is 2.09. The van der Waals surface area contributed by atoms with Gasteiger partial charge in [-0.1, -0.05) is 6.92 Å². The molecule has 0 radical (unpaired) electrons. The minimum absolute atomic E-state index is 0. The number of carbonyl (C=O) groups excluding carboxylic acids is 1. The first kappa shape index (κ1) is 23.7. The number of nitrogens with zero attached hydrogens (tertiary/aromatic N) is 4. The maximum atomic E-state index is 11.8. The molecule has 0 unspecified atom stereocenters. The van der Waals surface area contributed by atoms with Gasteiger partial charge in [0.05, 0.1) is 19.3 Å². The van der Waals surface area contributed by atoms with Crippen LogP contribution in [-0.2, 0) is 11.3 Å². The molecule has 1 amide bonds. The van der Waals surface area contributed by atoms with E-state index in [0.29, 0.717) is 12.6 Å². The second-order valence-electron chi connectivity index (χ2n) is 6.82. The van der Waals surface area contributed by atoms with E-state index in [4.69, 9.17) is 0 Å². The fraction of sp³-hybridized carbons (Fsp3) is 0.722. The summed E-state index contributed by atoms with van der Waals surface area (Å²) in [6, 6.07) is 0.392. The Morgan fingerprint density at radius 2 is 2.04 bits per heavy atom. The third kappa shape index (κ3) is 8.91. The highest BCUT2D eigenvalue weighted by molar-refractivity contribution is 14.0. The van der Waals surface area contributed by atoms with Crippen LogP contribution in [0.5, 0.6) is 0 Å². The molecule has 8 nitrogen and oxygen atoms in total. The van der Waals surface area contributed by atoms with Gasteiger partial charge in [0.15, 0.2) is 5.96 Å². The van der Waals surface area contributed by atoms with Gasteiger partial charge in [-0.25, -0.2) is 0 Å². The standard InChI is InChI=1S/C18H33N7O.HI/c1-4-7-20-17(26)14-24-9-5-16(6-10-24)23-18(19-3)21-8-11-25-13-15(2)12-22-25;/h12-13,16H,4-11,14H2,1-3H3,(H,20,26)(H2,19,21,23);1H. The molecule has 1 aromatic heterocycles. The second-order valence-corrected chi connectivity index (χ2v) is 6.82. The highest BCUT2D eigenvalue weighted by Gasteiger charge is 2.21. The molecule has 1 aliphatic heterocycles. The van der Waals surface area contributed by atoms with Gasteiger partial charge in [0, 0.05) is 45.5 Å². The summed E-state index contributed by atoms with van der Waals surface area (Å²) < 4.78 is 1.93. The number of hydrogen-bond acceptors (Lipinski definition) is 4. The lowest BCUT2D eigenvalue weighted by molar-refractivity contribution is -0.122. The molecule has 3 N–H and O–H groups in total. The van der Waals surface area contributed by atoms with E-state index in [-0.39, 0.29) is 29.9 Å². The zero-order chi connectivity index (χ0) is 18.8. The summed E-state index contributed by atoms with van der Waals surface area (Å²) in [7, 11) is 1.79. The molecule has 27 heavy (non-hydrogen) atoms. The number of piperidine rings is 1. The van der Waals surface area contributed by atoms with Crippen LogP contribution in [0.25, 0.3) is 0 Å². The van der Waals surface area contributed by atoms with Crippen LogP contribution < -0.4 is 16.0 Å². The maximum Gasteiger partial charge on any atom is 0.234 e. The highest BCUT2D eigenvalue weighted by atomic mass is 127. The van der Waals surface area contributed by atoms with Crippen LogP contribution in [-0.4, -0.2) is 72.4 Å². The number of likely N-dealkylation sites (tertiary alicyclic amines) is 1. The number of halogens is 1. The summed E-state index contributed by atoms with van der Waals surface area (Å²) in [6.45, 7) is 8.81. The number of rotatable bonds is 8. The Balaban J connectivity index is 0.00000364. The van der Waals surface area contributed by atoms with Crippen LogP contribution in [0, 0.1) is 6.92 Å². The molecule has 0 aromatic carbocycles. The Hall–Kier alpha value is -1.36. The molecule has 1 fully saturated rings. The van der Waals surface area contributed by atoms with Gasteiger partial charge >= 0.3 is 0 Å². The van der Waals surface area contributed by atoms with E-state index < -0.39 is 0 Å². The fourth-order valence-electron chi connectivity index (χ4n) is 3.02. The Morgan fingerprint density at radius 1 is 1.30 bits per heavy atom. The van der Waals surface area contributed by atoms with E-state index in [1.54, 1.807) is 7.05 Å². The van der Waals surface area contributed by atoms with Gasteiger partial charge in [0.1, 0.15) is 0 Å². The average Bonchev–Trinajstić information content (AvgIpc) is 3.05. The number of carbonyl (C=O) groups is 1. The summed E-state index contributed by atoms with van der Waals surface area (Å²) in [6.07, 6.45) is 6.90. The van der Waals surface area contributed by atoms with Crippen molar-refractivity contribution in [2.75, 3.05) is 39.8 Å². The predicted octanol–water partition coefficient (Wildman–Crippen LogP) is 0.965. The van der Waals surface area contributed by atoms with Gasteiger partial charge in [0.25, 0.3) is 0 Å². The molecule has 1 aromatic rings. The molecule has 2 heterocycles. The molecular formula is C18H34IN7O. The van der Waals surface area contributed by atoms with Crippen molar-refractivity contribution in [3.05, 3.63) is 18.0 Å². The van der Waals surface area contributed by atoms with Gasteiger partial charge < -0.3 is 16.0 Å². The zero-order valence-corrected chi connectivity index (χ0v) is 19.0. The number of aromatic nitrogens is 2. The minimum atomic E-state index is 0. The largest absolute Gasteiger partial charge is 0.355 e. The predicted molar refractivity (Wildman–Crippen MR) is 120 cm³/mol. The molecule has 0 aliphatic carbocycles. The van der Waals surface area contributed by atoms with Crippen molar-refractivity contribution in [3.8, 4) is 0 Å². The smallest absolute Gasteiger partial charge is 0.234 e. The van der Waals surface area contributed by atoms with E-state index >= 15 is 0 Å². The van der Waals surface area contributed by atoms with Gasteiger partial charge in [-0.15, -0.1) is 24.0 Å². The van der Waals surface area contributed by atoms with Gasteiger partial charge in [-0.3, -0.25) is 19.4 Å². The van der Waals surface area contributed by atoms with Crippen LogP contribution in [0.3, 0.4) is 0 Å². The lowest BCUT2D eigenvalue weighted by Crippen LogP contribution is -2.50. The van der Waals surface area contributed by atoms with E-state index in [9.17, 15) is 4.79 Å². The topological polar surface area (TPSA) is 86.6 Å². The molecule has 0 bridgehead atoms. The molecule has 154 valence electrons. The molecule has 9 heteroatoms.